The zero-order valence-corrected chi connectivity index (χ0v) is 7.43. The summed E-state index contributed by atoms with van der Waals surface area (Å²) in [4.78, 5) is 5.03. The Kier molecular flexibility index (Phi) is 1.55. The van der Waals surface area contributed by atoms with Crippen molar-refractivity contribution in [2.45, 2.75) is 20.3 Å². The molecule has 2 heteroatoms. The predicted octanol–water partition coefficient (Wildman–Crippen LogP) is 1.26. The molecule has 0 atom stereocenters. The molecule has 2 bridgehead atoms. The first-order valence-electron chi connectivity index (χ1n) is 4.46. The third-order valence-electron chi connectivity index (χ3n) is 2.97. The summed E-state index contributed by atoms with van der Waals surface area (Å²) in [5.41, 5.74) is 2.99. The van der Waals surface area contributed by atoms with Crippen LogP contribution in [0.1, 0.15) is 20.3 Å². The molecule has 0 saturated carbocycles. The third kappa shape index (κ3) is 1.01. The Morgan fingerprint density at radius 3 is 1.73 bits per heavy atom. The number of allylic oxidation sites excluding steroid dienone is 2. The highest BCUT2D eigenvalue weighted by atomic mass is 15.3. The summed E-state index contributed by atoms with van der Waals surface area (Å²) in [6.45, 7) is 9.49. The van der Waals surface area contributed by atoms with Crippen molar-refractivity contribution in [1.29, 1.82) is 0 Å². The van der Waals surface area contributed by atoms with E-state index in [1.165, 1.54) is 44.0 Å². The molecular formula is C9H16N2. The Morgan fingerprint density at radius 2 is 1.27 bits per heavy atom. The topological polar surface area (TPSA) is 6.48 Å². The Morgan fingerprint density at radius 1 is 0.818 bits per heavy atom. The molecule has 0 N–H and O–H groups in total. The molecule has 3 rings (SSSR count). The van der Waals surface area contributed by atoms with Gasteiger partial charge in [0.15, 0.2) is 0 Å². The summed E-state index contributed by atoms with van der Waals surface area (Å²) in [5.74, 6) is 0. The van der Waals surface area contributed by atoms with Gasteiger partial charge in [-0.15, -0.1) is 0 Å². The Bertz CT molecular complexity index is 172. The quantitative estimate of drug-likeness (QED) is 0.515. The Balaban J connectivity index is 2.32. The van der Waals surface area contributed by atoms with Gasteiger partial charge >= 0.3 is 0 Å². The van der Waals surface area contributed by atoms with E-state index in [-0.39, 0.29) is 0 Å². The van der Waals surface area contributed by atoms with E-state index in [1.54, 1.807) is 0 Å². The van der Waals surface area contributed by atoms with Gasteiger partial charge in [-0.25, -0.2) is 0 Å². The van der Waals surface area contributed by atoms with Gasteiger partial charge in [0.2, 0.25) is 0 Å². The highest BCUT2D eigenvalue weighted by Gasteiger charge is 2.22. The molecule has 3 aliphatic rings. The smallest absolute Gasteiger partial charge is 0.0351 e. The van der Waals surface area contributed by atoms with Gasteiger partial charge < -0.3 is 9.80 Å². The van der Waals surface area contributed by atoms with Gasteiger partial charge in [-0.05, 0) is 20.3 Å². The van der Waals surface area contributed by atoms with E-state index in [4.69, 9.17) is 0 Å². The lowest BCUT2D eigenvalue weighted by Gasteiger charge is -2.34. The molecule has 0 unspecified atom stereocenters. The molecule has 11 heavy (non-hydrogen) atoms. The van der Waals surface area contributed by atoms with Crippen LogP contribution >= 0.6 is 0 Å². The maximum atomic E-state index is 2.51. The first kappa shape index (κ1) is 7.01. The fraction of sp³-hybridized carbons (Fsp3) is 0.778. The minimum atomic E-state index is 1.24. The van der Waals surface area contributed by atoms with Crippen LogP contribution in [-0.2, 0) is 0 Å². The summed E-state index contributed by atoms with van der Waals surface area (Å²) < 4.78 is 0. The molecule has 0 amide bonds. The van der Waals surface area contributed by atoms with Gasteiger partial charge in [-0.1, -0.05) is 0 Å². The van der Waals surface area contributed by atoms with Crippen molar-refractivity contribution in [3.8, 4) is 0 Å². The van der Waals surface area contributed by atoms with Crippen LogP contribution in [-0.4, -0.2) is 36.0 Å². The standard InChI is InChI=1S/C9H16N2/c1-8-9(2)11-5-3-4-10(8)6-7-11/h3-7H2,1-2H3. The number of hydrogen-bond donors (Lipinski definition) is 0. The molecule has 0 aliphatic carbocycles. The van der Waals surface area contributed by atoms with E-state index in [1.807, 2.05) is 0 Å². The van der Waals surface area contributed by atoms with Crippen LogP contribution in [0.15, 0.2) is 11.4 Å². The van der Waals surface area contributed by atoms with E-state index in [0.717, 1.165) is 0 Å². The molecule has 0 spiro atoms. The molecule has 0 aromatic carbocycles. The average Bonchev–Trinajstić information content (AvgIpc) is 2.30. The summed E-state index contributed by atoms with van der Waals surface area (Å²) in [5, 5.41) is 0. The summed E-state index contributed by atoms with van der Waals surface area (Å²) in [6.07, 6.45) is 1.33. The molecule has 3 aliphatic heterocycles. The lowest BCUT2D eigenvalue weighted by molar-refractivity contribution is 0.278. The van der Waals surface area contributed by atoms with E-state index in [0.29, 0.717) is 0 Å². The van der Waals surface area contributed by atoms with E-state index in [2.05, 4.69) is 23.6 Å². The van der Waals surface area contributed by atoms with Crippen LogP contribution in [0, 0.1) is 0 Å². The van der Waals surface area contributed by atoms with Gasteiger partial charge in [-0.2, -0.15) is 0 Å². The van der Waals surface area contributed by atoms with Crippen LogP contribution in [0.25, 0.3) is 0 Å². The second kappa shape index (κ2) is 2.43. The zero-order chi connectivity index (χ0) is 7.84. The van der Waals surface area contributed by atoms with Crippen LogP contribution in [0.4, 0.5) is 0 Å². The van der Waals surface area contributed by atoms with Crippen molar-refractivity contribution in [2.75, 3.05) is 26.2 Å². The minimum absolute atomic E-state index is 1.24. The minimum Gasteiger partial charge on any atom is -0.372 e. The van der Waals surface area contributed by atoms with Crippen LogP contribution in [0.2, 0.25) is 0 Å². The van der Waals surface area contributed by atoms with Crippen molar-refractivity contribution in [1.82, 2.24) is 9.80 Å². The average molecular weight is 152 g/mol. The molecule has 0 radical (unpaired) electrons. The summed E-state index contributed by atoms with van der Waals surface area (Å²) in [6, 6.07) is 0. The highest BCUT2D eigenvalue weighted by molar-refractivity contribution is 5.13. The molecular weight excluding hydrogens is 136 g/mol. The van der Waals surface area contributed by atoms with Gasteiger partial charge in [-0.3, -0.25) is 0 Å². The maximum absolute atomic E-state index is 2.51. The maximum Gasteiger partial charge on any atom is 0.0351 e. The van der Waals surface area contributed by atoms with E-state index in [9.17, 15) is 0 Å². The van der Waals surface area contributed by atoms with Crippen molar-refractivity contribution in [2.24, 2.45) is 0 Å². The zero-order valence-electron chi connectivity index (χ0n) is 7.43. The fourth-order valence-electron chi connectivity index (χ4n) is 2.05. The fourth-order valence-corrected chi connectivity index (χ4v) is 2.05. The van der Waals surface area contributed by atoms with Gasteiger partial charge in [0, 0.05) is 37.6 Å². The van der Waals surface area contributed by atoms with Crippen LogP contribution in [0.5, 0.6) is 0 Å². The molecule has 3 heterocycles. The number of hydrogen-bond acceptors (Lipinski definition) is 2. The Hall–Kier alpha value is -0.660. The van der Waals surface area contributed by atoms with Gasteiger partial charge in [0.1, 0.15) is 0 Å². The van der Waals surface area contributed by atoms with Crippen LogP contribution < -0.4 is 0 Å². The van der Waals surface area contributed by atoms with Crippen molar-refractivity contribution < 1.29 is 0 Å². The largest absolute Gasteiger partial charge is 0.372 e. The van der Waals surface area contributed by atoms with Gasteiger partial charge in [0.05, 0.1) is 0 Å². The van der Waals surface area contributed by atoms with Crippen molar-refractivity contribution in [3.63, 3.8) is 0 Å². The lowest BCUT2D eigenvalue weighted by atomic mass is 10.2. The SMILES string of the molecule is CC1=C(C)N2CCCN1CC2. The monoisotopic (exact) mass is 152 g/mol. The van der Waals surface area contributed by atoms with Crippen molar-refractivity contribution >= 4 is 0 Å². The Labute approximate surface area is 68.5 Å². The normalized spacial score (nSPS) is 24.5. The highest BCUT2D eigenvalue weighted by Crippen LogP contribution is 2.22. The van der Waals surface area contributed by atoms with Crippen molar-refractivity contribution in [3.05, 3.63) is 11.4 Å². The number of fused-ring (bicyclic) bond motifs is 3. The second-order valence-electron chi connectivity index (χ2n) is 3.50. The summed E-state index contributed by atoms with van der Waals surface area (Å²) >= 11 is 0. The third-order valence-corrected chi connectivity index (χ3v) is 2.97. The van der Waals surface area contributed by atoms with Crippen LogP contribution in [0.3, 0.4) is 0 Å². The summed E-state index contributed by atoms with van der Waals surface area (Å²) in [7, 11) is 0. The first-order chi connectivity index (χ1) is 5.29. The molecule has 62 valence electrons. The van der Waals surface area contributed by atoms with Gasteiger partial charge in [0.25, 0.3) is 0 Å². The molecule has 1 saturated heterocycles. The number of nitrogens with zero attached hydrogens (tertiary/aromatic N) is 2. The molecule has 1 fully saturated rings. The first-order valence-corrected chi connectivity index (χ1v) is 4.46. The molecule has 0 aromatic rings. The predicted molar refractivity (Wildman–Crippen MR) is 46.1 cm³/mol. The lowest BCUT2D eigenvalue weighted by Crippen LogP contribution is -2.36. The molecule has 0 aromatic heterocycles. The second-order valence-corrected chi connectivity index (χ2v) is 3.50. The van der Waals surface area contributed by atoms with E-state index >= 15 is 0 Å². The van der Waals surface area contributed by atoms with E-state index < -0.39 is 0 Å². The number of rotatable bonds is 0. The molecule has 2 nitrogen and oxygen atoms in total.